The van der Waals surface area contributed by atoms with Crippen LogP contribution in [0.3, 0.4) is 0 Å². The maximum atomic E-state index is 13.7. The second-order valence-corrected chi connectivity index (χ2v) is 12.9. The van der Waals surface area contributed by atoms with Gasteiger partial charge in [0.25, 0.3) is 11.8 Å². The molecule has 0 atom stereocenters. The van der Waals surface area contributed by atoms with Crippen LogP contribution < -0.4 is 14.9 Å². The Kier molecular flexibility index (Phi) is 8.88. The number of para-hydroxylation sites is 1. The molecule has 1 aliphatic rings. The maximum Gasteiger partial charge on any atom is 0.338 e. The monoisotopic (exact) mass is 627 g/mol. The predicted molar refractivity (Wildman–Crippen MR) is 172 cm³/mol. The zero-order valence-corrected chi connectivity index (χ0v) is 25.8. The fraction of sp³-hybridized carbons (Fsp3) is 0.121. The van der Waals surface area contributed by atoms with Crippen molar-refractivity contribution in [2.24, 2.45) is 0 Å². The minimum Gasteiger partial charge on any atom is -0.465 e. The number of sulfonamides is 1. The molecule has 44 heavy (non-hydrogen) atoms. The number of imide groups is 1. The van der Waals surface area contributed by atoms with Crippen molar-refractivity contribution in [1.82, 2.24) is 0 Å². The van der Waals surface area contributed by atoms with Crippen molar-refractivity contribution in [3.63, 3.8) is 0 Å². The minimum absolute atomic E-state index is 0.123. The molecule has 1 aliphatic heterocycles. The van der Waals surface area contributed by atoms with E-state index in [1.807, 2.05) is 32.0 Å². The van der Waals surface area contributed by atoms with Crippen molar-refractivity contribution in [2.75, 3.05) is 22.0 Å². The van der Waals surface area contributed by atoms with Gasteiger partial charge in [-0.25, -0.2) is 18.1 Å². The summed E-state index contributed by atoms with van der Waals surface area (Å²) in [5.74, 6) is -2.08. The fourth-order valence-corrected chi connectivity index (χ4v) is 6.81. The molecule has 0 fully saturated rings. The molecule has 9 nitrogen and oxygen atoms in total. The average Bonchev–Trinajstić information content (AvgIpc) is 3.22. The van der Waals surface area contributed by atoms with Gasteiger partial charge in [0, 0.05) is 16.3 Å². The van der Waals surface area contributed by atoms with Gasteiger partial charge in [-0.1, -0.05) is 60.3 Å². The van der Waals surface area contributed by atoms with E-state index in [4.69, 9.17) is 4.74 Å². The number of carbonyl (C=O) groups is 3. The Hall–Kier alpha value is -4.87. The van der Waals surface area contributed by atoms with Crippen LogP contribution in [0.1, 0.15) is 27.0 Å². The minimum atomic E-state index is -3.94. The van der Waals surface area contributed by atoms with Crippen molar-refractivity contribution < 1.29 is 27.5 Å². The molecule has 0 bridgehead atoms. The van der Waals surface area contributed by atoms with Crippen molar-refractivity contribution in [2.45, 2.75) is 24.5 Å². The molecule has 5 rings (SSSR count). The second kappa shape index (κ2) is 12.8. The second-order valence-electron chi connectivity index (χ2n) is 10.0. The van der Waals surface area contributed by atoms with Crippen LogP contribution in [0.25, 0.3) is 0 Å². The number of hydrogen-bond acceptors (Lipinski definition) is 8. The van der Waals surface area contributed by atoms with E-state index < -0.39 is 33.6 Å². The zero-order chi connectivity index (χ0) is 31.4. The van der Waals surface area contributed by atoms with Gasteiger partial charge in [-0.3, -0.25) is 14.3 Å². The molecule has 4 aromatic rings. The number of nitrogens with zero attached hydrogens (tertiary/aromatic N) is 1. The van der Waals surface area contributed by atoms with Crippen LogP contribution in [0.15, 0.2) is 113 Å². The Labute approximate surface area is 260 Å². The lowest BCUT2D eigenvalue weighted by atomic mass is 10.1. The molecule has 2 N–H and O–H groups in total. The molecule has 0 saturated carbocycles. The number of rotatable bonds is 10. The summed E-state index contributed by atoms with van der Waals surface area (Å²) in [6.45, 7) is 3.95. The number of hydrogen-bond donors (Lipinski definition) is 2. The molecule has 0 aliphatic carbocycles. The van der Waals surface area contributed by atoms with Crippen LogP contribution in [0.2, 0.25) is 0 Å². The lowest BCUT2D eigenvalue weighted by Gasteiger charge is -2.15. The van der Waals surface area contributed by atoms with Gasteiger partial charge in [0.15, 0.2) is 0 Å². The summed E-state index contributed by atoms with van der Waals surface area (Å²) in [6.07, 6.45) is 0. The van der Waals surface area contributed by atoms with Gasteiger partial charge in [0.05, 0.1) is 24.1 Å². The number of ether oxygens (including phenoxy) is 1. The topological polar surface area (TPSA) is 122 Å². The van der Waals surface area contributed by atoms with E-state index in [1.165, 1.54) is 13.2 Å². The Morgan fingerprint density at radius 2 is 1.55 bits per heavy atom. The SMILES string of the molecule is COC(=O)c1ccccc1CS(=O)(=O)Nc1cccc(SC2=C(Nc3ccc(C)c(C)c3)C(=O)N(c3ccccc3)C2=O)c1. The first-order chi connectivity index (χ1) is 21.1. The maximum absolute atomic E-state index is 13.7. The number of amides is 2. The van der Waals surface area contributed by atoms with Crippen molar-refractivity contribution in [3.05, 3.63) is 130 Å². The molecule has 0 radical (unpaired) electrons. The quantitative estimate of drug-likeness (QED) is 0.162. The number of esters is 1. The third-order valence-electron chi connectivity index (χ3n) is 6.93. The average molecular weight is 628 g/mol. The van der Waals surface area contributed by atoms with E-state index in [1.54, 1.807) is 72.8 Å². The molecule has 4 aromatic carbocycles. The van der Waals surface area contributed by atoms with Gasteiger partial charge >= 0.3 is 5.97 Å². The van der Waals surface area contributed by atoms with Crippen LogP contribution in [0, 0.1) is 13.8 Å². The van der Waals surface area contributed by atoms with E-state index in [2.05, 4.69) is 10.0 Å². The van der Waals surface area contributed by atoms with Crippen LogP contribution in [-0.4, -0.2) is 33.3 Å². The molecule has 0 aromatic heterocycles. The van der Waals surface area contributed by atoms with E-state index in [-0.39, 0.29) is 21.9 Å². The fourth-order valence-electron chi connectivity index (χ4n) is 4.61. The molecule has 224 valence electrons. The molecule has 0 spiro atoms. The highest BCUT2D eigenvalue weighted by atomic mass is 32.2. The van der Waals surface area contributed by atoms with Gasteiger partial charge < -0.3 is 10.1 Å². The summed E-state index contributed by atoms with van der Waals surface area (Å²) in [5, 5.41) is 3.16. The number of aryl methyl sites for hydroxylation is 2. The highest BCUT2D eigenvalue weighted by Crippen LogP contribution is 2.38. The van der Waals surface area contributed by atoms with Gasteiger partial charge in [-0.05, 0) is 79.1 Å². The Morgan fingerprint density at radius 1 is 0.818 bits per heavy atom. The third-order valence-corrected chi connectivity index (χ3v) is 9.24. The molecule has 0 saturated heterocycles. The van der Waals surface area contributed by atoms with Gasteiger partial charge in [0.1, 0.15) is 10.6 Å². The van der Waals surface area contributed by atoms with Crippen LogP contribution >= 0.6 is 11.8 Å². The highest BCUT2D eigenvalue weighted by molar-refractivity contribution is 8.04. The Morgan fingerprint density at radius 3 is 2.27 bits per heavy atom. The van der Waals surface area contributed by atoms with E-state index >= 15 is 0 Å². The summed E-state index contributed by atoms with van der Waals surface area (Å²) < 4.78 is 33.5. The standard InChI is InChI=1S/C33H29N3O6S2/c1-21-16-17-24(18-22(21)2)34-29-30(32(38)36(31(29)37)26-12-5-4-6-13-26)43-27-14-9-11-25(19-27)35-44(40,41)20-23-10-7-8-15-28(23)33(39)42-3/h4-19,34-35H,20H2,1-3H3. The zero-order valence-electron chi connectivity index (χ0n) is 24.2. The van der Waals surface area contributed by atoms with Crippen LogP contribution in [0.4, 0.5) is 17.1 Å². The van der Waals surface area contributed by atoms with Gasteiger partial charge in [-0.2, -0.15) is 0 Å². The highest BCUT2D eigenvalue weighted by Gasteiger charge is 2.40. The summed E-state index contributed by atoms with van der Waals surface area (Å²) in [6, 6.07) is 27.2. The number of thioether (sulfide) groups is 1. The van der Waals surface area contributed by atoms with Gasteiger partial charge in [-0.15, -0.1) is 0 Å². The largest absolute Gasteiger partial charge is 0.465 e. The van der Waals surface area contributed by atoms with Crippen molar-refractivity contribution in [1.29, 1.82) is 0 Å². The molecule has 11 heteroatoms. The molecule has 0 unspecified atom stereocenters. The summed E-state index contributed by atoms with van der Waals surface area (Å²) in [4.78, 5) is 41.3. The Bertz CT molecular complexity index is 1910. The van der Waals surface area contributed by atoms with Gasteiger partial charge in [0.2, 0.25) is 10.0 Å². The normalized spacial score (nSPS) is 13.3. The van der Waals surface area contributed by atoms with Crippen molar-refractivity contribution in [3.8, 4) is 0 Å². The first-order valence-electron chi connectivity index (χ1n) is 13.5. The lowest BCUT2D eigenvalue weighted by Crippen LogP contribution is -2.32. The number of carbonyl (C=O) groups excluding carboxylic acids is 3. The lowest BCUT2D eigenvalue weighted by molar-refractivity contribution is -0.120. The smallest absolute Gasteiger partial charge is 0.338 e. The van der Waals surface area contributed by atoms with Crippen LogP contribution in [-0.2, 0) is 30.1 Å². The first-order valence-corrected chi connectivity index (χ1v) is 16.0. The number of benzene rings is 4. The number of nitrogens with one attached hydrogen (secondary N) is 2. The number of anilines is 3. The number of methoxy groups -OCH3 is 1. The van der Waals surface area contributed by atoms with E-state index in [9.17, 15) is 22.8 Å². The predicted octanol–water partition coefficient (Wildman–Crippen LogP) is 6.02. The molecular formula is C33H29N3O6S2. The van der Waals surface area contributed by atoms with E-state index in [0.717, 1.165) is 27.8 Å². The van der Waals surface area contributed by atoms with Crippen molar-refractivity contribution >= 4 is 56.6 Å². The first kappa shape index (κ1) is 30.6. The molecule has 2 amide bonds. The third kappa shape index (κ3) is 6.69. The summed E-state index contributed by atoms with van der Waals surface area (Å²) in [7, 11) is -2.71. The summed E-state index contributed by atoms with van der Waals surface area (Å²) >= 11 is 1.06. The Balaban J connectivity index is 1.43. The molecular weight excluding hydrogens is 599 g/mol. The van der Waals surface area contributed by atoms with E-state index in [0.29, 0.717) is 21.8 Å². The molecule has 1 heterocycles. The summed E-state index contributed by atoms with van der Waals surface area (Å²) in [5.41, 5.74) is 4.04. The van der Waals surface area contributed by atoms with Crippen LogP contribution in [0.5, 0.6) is 0 Å².